The van der Waals surface area contributed by atoms with Crippen LogP contribution >= 0.6 is 11.8 Å². The van der Waals surface area contributed by atoms with E-state index in [9.17, 15) is 18.4 Å². The van der Waals surface area contributed by atoms with Crippen LogP contribution in [0.1, 0.15) is 0 Å². The second kappa shape index (κ2) is 9.83. The molecule has 2 aromatic heterocycles. The number of ether oxygens (including phenoxy) is 2. The smallest absolute Gasteiger partial charge is 0.266 e. The maximum absolute atomic E-state index is 14.6. The van der Waals surface area contributed by atoms with E-state index in [1.165, 1.54) is 20.3 Å². The van der Waals surface area contributed by atoms with Gasteiger partial charge in [-0.1, -0.05) is 23.9 Å². The van der Waals surface area contributed by atoms with Gasteiger partial charge < -0.3 is 9.47 Å². The lowest BCUT2D eigenvalue weighted by molar-refractivity contribution is -0.113. The minimum atomic E-state index is -0.942. The molecule has 9 nitrogen and oxygen atoms in total. The van der Waals surface area contributed by atoms with Gasteiger partial charge in [0.15, 0.2) is 5.16 Å². The van der Waals surface area contributed by atoms with Crippen molar-refractivity contribution < 1.29 is 23.0 Å². The maximum Gasteiger partial charge on any atom is 0.266 e. The number of hydrogen-bond acceptors (Lipinski definition) is 8. The minimum absolute atomic E-state index is 0.0461. The van der Waals surface area contributed by atoms with Gasteiger partial charge in [0, 0.05) is 6.07 Å². The molecule has 34 heavy (non-hydrogen) atoms. The Labute approximate surface area is 195 Å². The number of para-hydroxylation sites is 1. The number of amides is 1. The third kappa shape index (κ3) is 4.81. The van der Waals surface area contributed by atoms with Crippen LogP contribution in [0.5, 0.6) is 11.8 Å². The standard InChI is InChI=1S/C22H17F2N5O4S/c1-32-18-10-19(33-2)28-21(27-18)26-17(30)11-34-22-25-15-6-4-3-5-13(15)20(31)29(22)16-8-7-12(23)9-14(16)24/h3-10H,11H2,1-2H3,(H,26,27,28,30). The number of hydrogen-bond donors (Lipinski definition) is 1. The molecule has 0 unspecified atom stereocenters. The molecule has 2 aromatic carbocycles. The van der Waals surface area contributed by atoms with Crippen LogP contribution in [0.2, 0.25) is 0 Å². The van der Waals surface area contributed by atoms with Gasteiger partial charge in [-0.05, 0) is 24.3 Å². The van der Waals surface area contributed by atoms with E-state index in [2.05, 4.69) is 20.3 Å². The van der Waals surface area contributed by atoms with Crippen LogP contribution in [0.25, 0.3) is 16.6 Å². The van der Waals surface area contributed by atoms with E-state index < -0.39 is 23.1 Å². The fourth-order valence-corrected chi connectivity index (χ4v) is 3.85. The molecule has 0 saturated heterocycles. The molecule has 0 aliphatic heterocycles. The second-order valence-corrected chi connectivity index (χ2v) is 7.70. The van der Waals surface area contributed by atoms with Gasteiger partial charge >= 0.3 is 0 Å². The highest BCUT2D eigenvalue weighted by Crippen LogP contribution is 2.24. The predicted molar refractivity (Wildman–Crippen MR) is 122 cm³/mol. The van der Waals surface area contributed by atoms with E-state index in [1.54, 1.807) is 24.3 Å². The van der Waals surface area contributed by atoms with Gasteiger partial charge in [0.1, 0.15) is 11.6 Å². The third-order valence-electron chi connectivity index (χ3n) is 4.58. The first-order valence-electron chi connectivity index (χ1n) is 9.76. The summed E-state index contributed by atoms with van der Waals surface area (Å²) in [6.07, 6.45) is 0. The van der Waals surface area contributed by atoms with Crippen molar-refractivity contribution in [2.45, 2.75) is 5.16 Å². The Balaban J connectivity index is 1.66. The van der Waals surface area contributed by atoms with Gasteiger partial charge in [-0.15, -0.1) is 0 Å². The highest BCUT2D eigenvalue weighted by molar-refractivity contribution is 7.99. The van der Waals surface area contributed by atoms with Gasteiger partial charge in [0.05, 0.1) is 42.6 Å². The van der Waals surface area contributed by atoms with E-state index >= 15 is 0 Å². The molecule has 1 N–H and O–H groups in total. The third-order valence-corrected chi connectivity index (χ3v) is 5.52. The molecule has 0 radical (unpaired) electrons. The predicted octanol–water partition coefficient (Wildman–Crippen LogP) is 3.20. The largest absolute Gasteiger partial charge is 0.481 e. The molecule has 1 amide bonds. The average Bonchev–Trinajstić information content (AvgIpc) is 2.83. The molecule has 2 heterocycles. The first kappa shape index (κ1) is 23.1. The Kier molecular flexibility index (Phi) is 6.68. The van der Waals surface area contributed by atoms with Crippen LogP contribution in [0.4, 0.5) is 14.7 Å². The van der Waals surface area contributed by atoms with Gasteiger partial charge in [-0.25, -0.2) is 13.8 Å². The Morgan fingerprint density at radius 2 is 1.74 bits per heavy atom. The molecule has 0 spiro atoms. The SMILES string of the molecule is COc1cc(OC)nc(NC(=O)CSc2nc3ccccc3c(=O)n2-c2ccc(F)cc2F)n1. The van der Waals surface area contributed by atoms with E-state index in [0.717, 1.165) is 28.5 Å². The summed E-state index contributed by atoms with van der Waals surface area (Å²) in [5.41, 5.74) is -0.372. The quantitative estimate of drug-likeness (QED) is 0.314. The molecule has 174 valence electrons. The van der Waals surface area contributed by atoms with E-state index in [1.807, 2.05) is 0 Å². The van der Waals surface area contributed by atoms with Crippen LogP contribution in [-0.2, 0) is 4.79 Å². The maximum atomic E-state index is 14.6. The van der Waals surface area contributed by atoms with Crippen molar-refractivity contribution in [2.75, 3.05) is 25.3 Å². The number of nitrogens with one attached hydrogen (secondary N) is 1. The Hall–Kier alpha value is -4.06. The van der Waals surface area contributed by atoms with Crippen molar-refractivity contribution in [1.29, 1.82) is 0 Å². The lowest BCUT2D eigenvalue weighted by Gasteiger charge is -2.14. The van der Waals surface area contributed by atoms with Crippen molar-refractivity contribution in [2.24, 2.45) is 0 Å². The van der Waals surface area contributed by atoms with Crippen molar-refractivity contribution >= 4 is 34.5 Å². The number of anilines is 1. The number of fused-ring (bicyclic) bond motifs is 1. The molecular formula is C22H17F2N5O4S. The summed E-state index contributed by atoms with van der Waals surface area (Å²) in [5.74, 6) is -2.13. The van der Waals surface area contributed by atoms with E-state index in [4.69, 9.17) is 9.47 Å². The number of nitrogens with zero attached hydrogens (tertiary/aromatic N) is 4. The van der Waals surface area contributed by atoms with E-state index in [-0.39, 0.29) is 39.7 Å². The minimum Gasteiger partial charge on any atom is -0.481 e. The molecule has 12 heteroatoms. The van der Waals surface area contributed by atoms with Gasteiger partial charge in [0.25, 0.3) is 5.56 Å². The molecule has 0 aliphatic rings. The molecule has 0 bridgehead atoms. The fraction of sp³-hybridized carbons (Fsp3) is 0.136. The van der Waals surface area contributed by atoms with Gasteiger partial charge in [-0.2, -0.15) is 9.97 Å². The lowest BCUT2D eigenvalue weighted by atomic mass is 10.2. The van der Waals surface area contributed by atoms with Crippen molar-refractivity contribution in [1.82, 2.24) is 19.5 Å². The second-order valence-electron chi connectivity index (χ2n) is 6.76. The average molecular weight is 485 g/mol. The fourth-order valence-electron chi connectivity index (χ4n) is 3.04. The zero-order valence-electron chi connectivity index (χ0n) is 17.9. The number of rotatable bonds is 7. The molecule has 0 fully saturated rings. The first-order chi connectivity index (χ1) is 16.4. The normalized spacial score (nSPS) is 10.8. The van der Waals surface area contributed by atoms with Crippen molar-refractivity contribution in [3.05, 3.63) is 70.5 Å². The highest BCUT2D eigenvalue weighted by Gasteiger charge is 2.18. The molecule has 0 atom stereocenters. The summed E-state index contributed by atoms with van der Waals surface area (Å²) < 4.78 is 39.1. The summed E-state index contributed by atoms with van der Waals surface area (Å²) in [6, 6.07) is 10.8. The number of thioether (sulfide) groups is 1. The number of carbonyl (C=O) groups is 1. The number of halogens is 2. The van der Waals surface area contributed by atoms with Crippen molar-refractivity contribution in [3.8, 4) is 17.4 Å². The summed E-state index contributed by atoms with van der Waals surface area (Å²) >= 11 is 0.892. The topological polar surface area (TPSA) is 108 Å². The number of carbonyl (C=O) groups excluding carboxylic acids is 1. The molecule has 4 aromatic rings. The summed E-state index contributed by atoms with van der Waals surface area (Å²) in [4.78, 5) is 38.2. The zero-order chi connectivity index (χ0) is 24.2. The molecular weight excluding hydrogens is 468 g/mol. The van der Waals surface area contributed by atoms with Gasteiger partial charge in [-0.3, -0.25) is 19.5 Å². The number of aromatic nitrogens is 4. The van der Waals surface area contributed by atoms with Crippen LogP contribution in [-0.4, -0.2) is 45.4 Å². The summed E-state index contributed by atoms with van der Waals surface area (Å²) in [6.45, 7) is 0. The zero-order valence-corrected chi connectivity index (χ0v) is 18.7. The first-order valence-corrected chi connectivity index (χ1v) is 10.7. The Bertz CT molecular complexity index is 1420. The van der Waals surface area contributed by atoms with Crippen LogP contribution in [0.3, 0.4) is 0 Å². The Morgan fingerprint density at radius 3 is 2.41 bits per heavy atom. The van der Waals surface area contributed by atoms with Gasteiger partial charge in [0.2, 0.25) is 23.6 Å². The van der Waals surface area contributed by atoms with Crippen LogP contribution < -0.4 is 20.3 Å². The monoisotopic (exact) mass is 485 g/mol. The van der Waals surface area contributed by atoms with Crippen molar-refractivity contribution in [3.63, 3.8) is 0 Å². The number of benzene rings is 2. The summed E-state index contributed by atoms with van der Waals surface area (Å²) in [5, 5.41) is 2.81. The lowest BCUT2D eigenvalue weighted by Crippen LogP contribution is -2.24. The van der Waals surface area contributed by atoms with Crippen LogP contribution in [0, 0.1) is 11.6 Å². The summed E-state index contributed by atoms with van der Waals surface area (Å²) in [7, 11) is 2.81. The molecule has 0 saturated carbocycles. The van der Waals surface area contributed by atoms with E-state index in [0.29, 0.717) is 11.6 Å². The number of methoxy groups -OCH3 is 2. The molecule has 0 aliphatic carbocycles. The Morgan fingerprint density at radius 1 is 1.03 bits per heavy atom. The van der Waals surface area contributed by atoms with Crippen LogP contribution in [0.15, 0.2) is 58.5 Å². The highest BCUT2D eigenvalue weighted by atomic mass is 32.2. The molecule has 4 rings (SSSR count).